The molecule has 3 fully saturated rings. The molecule has 194 valence electrons. The molecule has 2 saturated carbocycles. The first-order valence-corrected chi connectivity index (χ1v) is 14.1. The molecule has 0 spiro atoms. The van der Waals surface area contributed by atoms with Gasteiger partial charge in [-0.3, -0.25) is 24.1 Å². The third-order valence-electron chi connectivity index (χ3n) is 8.46. The zero-order valence-electron chi connectivity index (χ0n) is 20.6. The number of rotatable bonds is 5. The SMILES string of the molecule is CCOC(=O)c1ccc(NC(=O)CN2C(=O)[C@@H]3[C@@H]4C[C@H]([C@H]5Sc6[nH]c(=O)sc6C(C)(C)[C@H]45)[C@@H]3C2=O)cc1. The van der Waals surface area contributed by atoms with Gasteiger partial charge in [-0.2, -0.15) is 0 Å². The van der Waals surface area contributed by atoms with E-state index in [1.165, 1.54) is 11.3 Å². The predicted octanol–water partition coefficient (Wildman–Crippen LogP) is 2.87. The number of H-pyrrole nitrogens is 1. The van der Waals surface area contributed by atoms with Gasteiger partial charge in [-0.15, -0.1) is 11.8 Å². The summed E-state index contributed by atoms with van der Waals surface area (Å²) in [4.78, 5) is 68.7. The van der Waals surface area contributed by atoms with Gasteiger partial charge in [-0.1, -0.05) is 25.2 Å². The van der Waals surface area contributed by atoms with E-state index in [4.69, 9.17) is 4.74 Å². The number of thioether (sulfide) groups is 1. The first-order valence-electron chi connectivity index (χ1n) is 12.4. The first-order chi connectivity index (χ1) is 17.6. The number of anilines is 1. The maximum atomic E-state index is 13.5. The van der Waals surface area contributed by atoms with Crippen molar-refractivity contribution in [1.82, 2.24) is 9.88 Å². The molecule has 2 bridgehead atoms. The molecule has 37 heavy (non-hydrogen) atoms. The average molecular weight is 542 g/mol. The second-order valence-electron chi connectivity index (χ2n) is 10.7. The summed E-state index contributed by atoms with van der Waals surface area (Å²) in [5, 5.41) is 3.77. The summed E-state index contributed by atoms with van der Waals surface area (Å²) in [6.45, 7) is 5.94. The van der Waals surface area contributed by atoms with Crippen LogP contribution in [0.1, 0.15) is 42.4 Å². The van der Waals surface area contributed by atoms with Crippen LogP contribution in [0.2, 0.25) is 0 Å². The van der Waals surface area contributed by atoms with E-state index in [1.54, 1.807) is 43.0 Å². The number of likely N-dealkylation sites (tertiary alicyclic amines) is 1. The minimum Gasteiger partial charge on any atom is -0.462 e. The van der Waals surface area contributed by atoms with Gasteiger partial charge in [0.1, 0.15) is 6.54 Å². The highest BCUT2D eigenvalue weighted by Crippen LogP contribution is 2.68. The van der Waals surface area contributed by atoms with E-state index < -0.39 is 23.7 Å². The van der Waals surface area contributed by atoms with Crippen molar-refractivity contribution >= 4 is 52.5 Å². The maximum Gasteiger partial charge on any atom is 0.338 e. The number of thiazole rings is 1. The molecule has 2 aliphatic carbocycles. The molecule has 1 saturated heterocycles. The van der Waals surface area contributed by atoms with E-state index in [-0.39, 0.29) is 58.3 Å². The molecule has 2 aliphatic heterocycles. The van der Waals surface area contributed by atoms with Gasteiger partial charge in [-0.25, -0.2) is 4.79 Å². The molecule has 0 unspecified atom stereocenters. The molecule has 9 nitrogen and oxygen atoms in total. The molecule has 3 amide bonds. The fraction of sp³-hybridized carbons (Fsp3) is 0.500. The third-order valence-corrected chi connectivity index (χ3v) is 11.3. The number of carbonyl (C=O) groups is 4. The Kier molecular flexibility index (Phi) is 5.65. The quantitative estimate of drug-likeness (QED) is 0.440. The summed E-state index contributed by atoms with van der Waals surface area (Å²) in [5.74, 6) is -1.99. The summed E-state index contributed by atoms with van der Waals surface area (Å²) in [6.07, 6.45) is 0.824. The lowest BCUT2D eigenvalue weighted by molar-refractivity contribution is -0.143. The normalized spacial score (nSPS) is 30.6. The number of amides is 3. The summed E-state index contributed by atoms with van der Waals surface area (Å²) >= 11 is 2.89. The number of hydrogen-bond acceptors (Lipinski definition) is 8. The van der Waals surface area contributed by atoms with Crippen LogP contribution >= 0.6 is 23.1 Å². The molecule has 3 heterocycles. The molecule has 4 aliphatic rings. The second kappa shape index (κ2) is 8.56. The van der Waals surface area contributed by atoms with Gasteiger partial charge in [0.2, 0.25) is 17.7 Å². The van der Waals surface area contributed by atoms with Crippen LogP contribution in [0.3, 0.4) is 0 Å². The Morgan fingerprint density at radius 3 is 2.46 bits per heavy atom. The molecule has 0 radical (unpaired) electrons. The molecular formula is C26H27N3O6S2. The van der Waals surface area contributed by atoms with Gasteiger partial charge in [0, 0.05) is 21.2 Å². The molecule has 2 N–H and O–H groups in total. The van der Waals surface area contributed by atoms with Gasteiger partial charge < -0.3 is 15.0 Å². The van der Waals surface area contributed by atoms with Crippen LogP contribution in [0, 0.1) is 29.6 Å². The lowest BCUT2D eigenvalue weighted by atomic mass is 9.64. The van der Waals surface area contributed by atoms with Crippen molar-refractivity contribution in [3.8, 4) is 0 Å². The number of carbonyl (C=O) groups excluding carboxylic acids is 4. The Morgan fingerprint density at radius 1 is 1.11 bits per heavy atom. The zero-order valence-corrected chi connectivity index (χ0v) is 22.2. The van der Waals surface area contributed by atoms with Crippen molar-refractivity contribution in [2.45, 2.75) is 42.9 Å². The second-order valence-corrected chi connectivity index (χ2v) is 12.9. The van der Waals surface area contributed by atoms with Gasteiger partial charge in [0.05, 0.1) is 29.0 Å². The van der Waals surface area contributed by atoms with Gasteiger partial charge in [0.25, 0.3) is 0 Å². The molecule has 6 rings (SSSR count). The Balaban J connectivity index is 1.18. The van der Waals surface area contributed by atoms with Crippen molar-refractivity contribution in [2.75, 3.05) is 18.5 Å². The van der Waals surface area contributed by atoms with E-state index in [9.17, 15) is 24.0 Å². The smallest absolute Gasteiger partial charge is 0.338 e. The Hall–Kier alpha value is -2.92. The van der Waals surface area contributed by atoms with Gasteiger partial charge >= 0.3 is 10.8 Å². The summed E-state index contributed by atoms with van der Waals surface area (Å²) < 4.78 is 4.96. The van der Waals surface area contributed by atoms with Crippen molar-refractivity contribution in [3.05, 3.63) is 44.4 Å². The molecular weight excluding hydrogens is 514 g/mol. The lowest BCUT2D eigenvalue weighted by Crippen LogP contribution is -2.48. The fourth-order valence-corrected chi connectivity index (χ4v) is 10.3. The van der Waals surface area contributed by atoms with Gasteiger partial charge in [0.15, 0.2) is 0 Å². The van der Waals surface area contributed by atoms with Crippen molar-refractivity contribution in [2.24, 2.45) is 29.6 Å². The number of nitrogens with one attached hydrogen (secondary N) is 2. The highest BCUT2D eigenvalue weighted by Gasteiger charge is 2.70. The number of fused-ring (bicyclic) bond motifs is 9. The maximum absolute atomic E-state index is 13.5. The van der Waals surface area contributed by atoms with Crippen LogP contribution in [0.5, 0.6) is 0 Å². The lowest BCUT2D eigenvalue weighted by Gasteiger charge is -2.47. The minimum atomic E-state index is -0.468. The third kappa shape index (κ3) is 3.61. The number of esters is 1. The van der Waals surface area contributed by atoms with Crippen molar-refractivity contribution in [3.63, 3.8) is 0 Å². The van der Waals surface area contributed by atoms with E-state index in [1.807, 2.05) is 0 Å². The highest BCUT2D eigenvalue weighted by atomic mass is 32.2. The predicted molar refractivity (Wildman–Crippen MR) is 137 cm³/mol. The fourth-order valence-electron chi connectivity index (χ4n) is 7.12. The van der Waals surface area contributed by atoms with Crippen molar-refractivity contribution in [1.29, 1.82) is 0 Å². The number of aromatic amines is 1. The molecule has 2 aromatic rings. The highest BCUT2D eigenvalue weighted by molar-refractivity contribution is 8.00. The van der Waals surface area contributed by atoms with Crippen LogP contribution < -0.4 is 10.2 Å². The van der Waals surface area contributed by atoms with Crippen LogP contribution in [-0.2, 0) is 24.5 Å². The average Bonchev–Trinajstić information content (AvgIpc) is 3.58. The molecule has 6 atom stereocenters. The van der Waals surface area contributed by atoms with E-state index in [0.29, 0.717) is 11.3 Å². The summed E-state index contributed by atoms with van der Waals surface area (Å²) in [5.41, 5.74) is 0.555. The number of ether oxygens (including phenoxy) is 1. The minimum absolute atomic E-state index is 0.0424. The van der Waals surface area contributed by atoms with Crippen LogP contribution in [-0.4, -0.2) is 52.0 Å². The Bertz CT molecular complexity index is 1380. The number of benzene rings is 1. The molecule has 1 aromatic carbocycles. The monoisotopic (exact) mass is 541 g/mol. The Labute approximate surface area is 221 Å². The van der Waals surface area contributed by atoms with Crippen LogP contribution in [0.4, 0.5) is 5.69 Å². The Morgan fingerprint density at radius 2 is 1.78 bits per heavy atom. The number of imide groups is 1. The van der Waals surface area contributed by atoms with Gasteiger partial charge in [-0.05, 0) is 55.4 Å². The van der Waals surface area contributed by atoms with Crippen LogP contribution in [0.15, 0.2) is 34.1 Å². The largest absolute Gasteiger partial charge is 0.462 e. The summed E-state index contributed by atoms with van der Waals surface area (Å²) in [7, 11) is 0. The summed E-state index contributed by atoms with van der Waals surface area (Å²) in [6, 6.07) is 6.27. The standard InChI is InChI=1S/C26H27N3O6S2/c1-4-35-24(33)11-5-7-12(8-6-11)27-15(30)10-29-22(31)16-13-9-14(17(16)23(29)32)19-18(13)26(2,3)20-21(36-19)28-25(34)37-20/h5-8,13-14,16-19H,4,9-10H2,1-3H3,(H,27,30)(H,28,34)/t13-,14-,16+,17-,18+,19+/m0/s1. The number of aromatic nitrogens is 1. The number of nitrogens with zero attached hydrogens (tertiary/aromatic N) is 1. The molecule has 11 heteroatoms. The topological polar surface area (TPSA) is 126 Å². The van der Waals surface area contributed by atoms with Crippen LogP contribution in [0.25, 0.3) is 0 Å². The van der Waals surface area contributed by atoms with E-state index in [2.05, 4.69) is 24.1 Å². The van der Waals surface area contributed by atoms with E-state index >= 15 is 0 Å². The zero-order chi connectivity index (χ0) is 26.2. The first kappa shape index (κ1) is 24.4. The number of hydrogen-bond donors (Lipinski definition) is 2. The van der Waals surface area contributed by atoms with E-state index in [0.717, 1.165) is 21.2 Å². The molecule has 1 aromatic heterocycles. The van der Waals surface area contributed by atoms with Crippen molar-refractivity contribution < 1.29 is 23.9 Å².